The summed E-state index contributed by atoms with van der Waals surface area (Å²) in [6.07, 6.45) is 14.5. The van der Waals surface area contributed by atoms with E-state index in [0.29, 0.717) is 0 Å². The number of rotatable bonds is 8. The summed E-state index contributed by atoms with van der Waals surface area (Å²) in [5.41, 5.74) is 2.97. The predicted molar refractivity (Wildman–Crippen MR) is 110 cm³/mol. The Morgan fingerprint density at radius 2 is 1.00 bits per heavy atom. The molecule has 0 amide bonds. The lowest BCUT2D eigenvalue weighted by Gasteiger charge is -2.26. The van der Waals surface area contributed by atoms with Gasteiger partial charge in [-0.25, -0.2) is 0 Å². The van der Waals surface area contributed by atoms with Crippen molar-refractivity contribution in [3.05, 3.63) is 35.4 Å². The monoisotopic (exact) mass is 358 g/mol. The fourth-order valence-corrected chi connectivity index (χ4v) is 5.16. The summed E-state index contributed by atoms with van der Waals surface area (Å²) in [7, 11) is 0. The molecule has 2 fully saturated rings. The molecule has 2 saturated carbocycles. The van der Waals surface area contributed by atoms with Gasteiger partial charge in [-0.05, 0) is 39.5 Å². The van der Waals surface area contributed by atoms with Gasteiger partial charge in [0.05, 0.1) is 12.1 Å². The summed E-state index contributed by atoms with van der Waals surface area (Å²) in [5.74, 6) is 1.89. The van der Waals surface area contributed by atoms with Gasteiger partial charge in [0.15, 0.2) is 0 Å². The first-order valence-corrected chi connectivity index (χ1v) is 11.5. The van der Waals surface area contributed by atoms with Crippen LogP contribution in [0.5, 0.6) is 0 Å². The molecule has 0 heterocycles. The summed E-state index contributed by atoms with van der Waals surface area (Å²) in [4.78, 5) is 0. The smallest absolute Gasteiger partial charge is 0.101 e. The molecule has 0 aliphatic heterocycles. The Bertz CT molecular complexity index is 450. The summed E-state index contributed by atoms with van der Waals surface area (Å²) in [6.45, 7) is 7.15. The van der Waals surface area contributed by atoms with Gasteiger partial charge in [0.1, 0.15) is 13.1 Å². The Kier molecular flexibility index (Phi) is 8.01. The molecule has 1 aromatic carbocycles. The van der Waals surface area contributed by atoms with Crippen LogP contribution in [0.3, 0.4) is 0 Å². The van der Waals surface area contributed by atoms with E-state index in [1.54, 1.807) is 0 Å². The Morgan fingerprint density at radius 1 is 0.654 bits per heavy atom. The summed E-state index contributed by atoms with van der Waals surface area (Å²) < 4.78 is 0. The highest BCUT2D eigenvalue weighted by atomic mass is 14.9. The molecule has 1 aromatic rings. The van der Waals surface area contributed by atoms with Crippen LogP contribution in [0.4, 0.5) is 0 Å². The fourth-order valence-electron chi connectivity index (χ4n) is 5.16. The summed E-state index contributed by atoms with van der Waals surface area (Å²) in [5, 5.41) is 5.14. The zero-order valence-electron chi connectivity index (χ0n) is 17.3. The lowest BCUT2D eigenvalue weighted by Crippen LogP contribution is -2.89. The Hall–Kier alpha value is -0.860. The van der Waals surface area contributed by atoms with Crippen LogP contribution in [0.2, 0.25) is 0 Å². The minimum atomic E-state index is 0.777. The maximum atomic E-state index is 2.57. The van der Waals surface area contributed by atoms with Crippen molar-refractivity contribution in [3.8, 4) is 0 Å². The van der Waals surface area contributed by atoms with Gasteiger partial charge in [-0.15, -0.1) is 0 Å². The number of nitrogens with two attached hydrogens (primary N) is 2. The molecule has 2 aliphatic carbocycles. The van der Waals surface area contributed by atoms with Crippen molar-refractivity contribution in [2.45, 2.75) is 103 Å². The molecular weight excluding hydrogens is 316 g/mol. The van der Waals surface area contributed by atoms with E-state index in [-0.39, 0.29) is 0 Å². The van der Waals surface area contributed by atoms with E-state index in [2.05, 4.69) is 48.7 Å². The van der Waals surface area contributed by atoms with E-state index in [1.165, 1.54) is 75.3 Å². The molecule has 4 N–H and O–H groups in total. The zero-order valence-corrected chi connectivity index (χ0v) is 17.3. The molecule has 3 rings (SSSR count). The van der Waals surface area contributed by atoms with E-state index in [9.17, 15) is 0 Å². The van der Waals surface area contributed by atoms with Gasteiger partial charge in [-0.1, -0.05) is 62.8 Å². The molecule has 26 heavy (non-hydrogen) atoms. The molecule has 0 aromatic heterocycles. The van der Waals surface area contributed by atoms with E-state index >= 15 is 0 Å². The lowest BCUT2D eigenvalue weighted by molar-refractivity contribution is -0.708. The second-order valence-corrected chi connectivity index (χ2v) is 9.21. The van der Waals surface area contributed by atoms with Crippen LogP contribution in [-0.4, -0.2) is 12.1 Å². The minimum absolute atomic E-state index is 0.777. The standard InChI is InChI=1S/C24H40N2/c1-19(23-9-5-3-6-10-23)25-17-21-13-15-22(16-14-21)18-26-20(2)24-11-7-4-8-12-24/h13-16,19-20,23-26H,3-12,17-18H2,1-2H3/p+2/t19-,20-/m1/s1. The van der Waals surface area contributed by atoms with Crippen LogP contribution in [0.1, 0.15) is 89.2 Å². The predicted octanol–water partition coefficient (Wildman–Crippen LogP) is 3.75. The SMILES string of the molecule is C[C@@H]([NH2+]Cc1ccc(C[NH2+][C@H](C)C2CCCCC2)cc1)C1CCCCC1. The molecule has 0 spiro atoms. The van der Waals surface area contributed by atoms with Gasteiger partial charge >= 0.3 is 0 Å². The number of quaternary nitrogens is 2. The first-order valence-electron chi connectivity index (χ1n) is 11.5. The number of hydrogen-bond donors (Lipinski definition) is 2. The largest absolute Gasteiger partial charge is 0.340 e. The highest BCUT2D eigenvalue weighted by Crippen LogP contribution is 2.25. The molecule has 0 bridgehead atoms. The van der Waals surface area contributed by atoms with Crippen molar-refractivity contribution in [3.63, 3.8) is 0 Å². The molecule has 0 unspecified atom stereocenters. The Balaban J connectivity index is 1.38. The average Bonchev–Trinajstić information content (AvgIpc) is 2.72. The third kappa shape index (κ3) is 6.09. The summed E-state index contributed by atoms with van der Waals surface area (Å²) >= 11 is 0. The van der Waals surface area contributed by atoms with Crippen LogP contribution >= 0.6 is 0 Å². The third-order valence-corrected chi connectivity index (χ3v) is 7.26. The van der Waals surface area contributed by atoms with Gasteiger partial charge in [0.25, 0.3) is 0 Å². The molecule has 0 radical (unpaired) electrons. The highest BCUT2D eigenvalue weighted by molar-refractivity contribution is 5.21. The van der Waals surface area contributed by atoms with Gasteiger partial charge < -0.3 is 10.6 Å². The molecule has 0 saturated heterocycles. The Labute approximate surface area is 161 Å². The average molecular weight is 359 g/mol. The van der Waals surface area contributed by atoms with Gasteiger partial charge in [0.2, 0.25) is 0 Å². The normalized spacial score (nSPS) is 22.2. The van der Waals surface area contributed by atoms with Crippen molar-refractivity contribution in [1.82, 2.24) is 0 Å². The zero-order chi connectivity index (χ0) is 18.2. The van der Waals surface area contributed by atoms with Crippen LogP contribution in [-0.2, 0) is 13.1 Å². The van der Waals surface area contributed by atoms with Gasteiger partial charge in [-0.3, -0.25) is 0 Å². The maximum absolute atomic E-state index is 2.57. The Morgan fingerprint density at radius 3 is 1.35 bits per heavy atom. The molecule has 2 atom stereocenters. The van der Waals surface area contributed by atoms with Crippen molar-refractivity contribution >= 4 is 0 Å². The van der Waals surface area contributed by atoms with Crippen LogP contribution < -0.4 is 10.6 Å². The van der Waals surface area contributed by atoms with Crippen molar-refractivity contribution in [2.24, 2.45) is 11.8 Å². The van der Waals surface area contributed by atoms with Crippen molar-refractivity contribution < 1.29 is 10.6 Å². The lowest BCUT2D eigenvalue weighted by atomic mass is 9.84. The number of hydrogen-bond acceptors (Lipinski definition) is 0. The fraction of sp³-hybridized carbons (Fsp3) is 0.750. The van der Waals surface area contributed by atoms with Crippen LogP contribution in [0.25, 0.3) is 0 Å². The number of benzene rings is 1. The topological polar surface area (TPSA) is 33.2 Å². The van der Waals surface area contributed by atoms with Crippen molar-refractivity contribution in [1.29, 1.82) is 0 Å². The van der Waals surface area contributed by atoms with E-state index in [4.69, 9.17) is 0 Å². The maximum Gasteiger partial charge on any atom is 0.101 e. The third-order valence-electron chi connectivity index (χ3n) is 7.26. The second-order valence-electron chi connectivity index (χ2n) is 9.21. The minimum Gasteiger partial charge on any atom is -0.340 e. The quantitative estimate of drug-likeness (QED) is 0.710. The molecule has 146 valence electrons. The molecule has 2 heteroatoms. The first-order chi connectivity index (χ1) is 12.7. The summed E-state index contributed by atoms with van der Waals surface area (Å²) in [6, 6.07) is 11.0. The molecular formula is C24H42N2+2. The molecule has 2 aliphatic rings. The van der Waals surface area contributed by atoms with Crippen molar-refractivity contribution in [2.75, 3.05) is 0 Å². The van der Waals surface area contributed by atoms with Crippen LogP contribution in [0, 0.1) is 11.8 Å². The first kappa shape index (κ1) is 19.9. The van der Waals surface area contributed by atoms with E-state index in [0.717, 1.165) is 37.0 Å². The van der Waals surface area contributed by atoms with Gasteiger partial charge in [0, 0.05) is 23.0 Å². The van der Waals surface area contributed by atoms with Crippen LogP contribution in [0.15, 0.2) is 24.3 Å². The van der Waals surface area contributed by atoms with Gasteiger partial charge in [-0.2, -0.15) is 0 Å². The van der Waals surface area contributed by atoms with E-state index in [1.807, 2.05) is 0 Å². The van der Waals surface area contributed by atoms with E-state index < -0.39 is 0 Å². The second kappa shape index (κ2) is 10.5. The highest BCUT2D eigenvalue weighted by Gasteiger charge is 2.23. The molecule has 2 nitrogen and oxygen atoms in total.